The second-order valence-corrected chi connectivity index (χ2v) is 5.79. The zero-order chi connectivity index (χ0) is 18.4. The molecule has 1 aromatic carbocycles. The van der Waals surface area contributed by atoms with Crippen molar-refractivity contribution in [2.24, 2.45) is 0 Å². The van der Waals surface area contributed by atoms with Crippen LogP contribution >= 0.6 is 0 Å². The molecule has 8 nitrogen and oxygen atoms in total. The molecular formula is C18H21N5O3. The number of nitrogens with zero attached hydrogens (tertiary/aromatic N) is 4. The maximum absolute atomic E-state index is 12.4. The lowest BCUT2D eigenvalue weighted by Gasteiger charge is -2.32. The number of ether oxygens (including phenoxy) is 1. The van der Waals surface area contributed by atoms with Crippen LogP contribution in [0.2, 0.25) is 0 Å². The van der Waals surface area contributed by atoms with Crippen LogP contribution in [0.25, 0.3) is 0 Å². The summed E-state index contributed by atoms with van der Waals surface area (Å²) in [6.07, 6.45) is 0.858. The predicted octanol–water partition coefficient (Wildman–Crippen LogP) is 1.41. The fraction of sp³-hybridized carbons (Fsp3) is 0.333. The average molecular weight is 355 g/mol. The summed E-state index contributed by atoms with van der Waals surface area (Å²) in [6.45, 7) is 5.10. The zero-order valence-corrected chi connectivity index (χ0v) is 14.6. The smallest absolute Gasteiger partial charge is 0.276 e. The van der Waals surface area contributed by atoms with Crippen LogP contribution in [-0.2, 0) is 4.79 Å². The first kappa shape index (κ1) is 17.7. The predicted molar refractivity (Wildman–Crippen MR) is 97.4 cm³/mol. The SMILES string of the molecule is CCOc1ccccc1NC(=O)c1ccc(N2CCN(C=O)CC2)nn1. The molecule has 2 aromatic rings. The van der Waals surface area contributed by atoms with Crippen LogP contribution < -0.4 is 15.0 Å². The third-order valence-electron chi connectivity index (χ3n) is 4.11. The Morgan fingerprint density at radius 2 is 1.92 bits per heavy atom. The number of nitrogens with one attached hydrogen (secondary N) is 1. The number of rotatable bonds is 6. The van der Waals surface area contributed by atoms with Gasteiger partial charge in [-0.25, -0.2) is 0 Å². The molecule has 1 aliphatic heterocycles. The van der Waals surface area contributed by atoms with Gasteiger partial charge in [0.25, 0.3) is 5.91 Å². The molecule has 0 unspecified atom stereocenters. The van der Waals surface area contributed by atoms with Crippen molar-refractivity contribution in [3.63, 3.8) is 0 Å². The van der Waals surface area contributed by atoms with Gasteiger partial charge < -0.3 is 19.9 Å². The van der Waals surface area contributed by atoms with Gasteiger partial charge in [0.1, 0.15) is 5.75 Å². The summed E-state index contributed by atoms with van der Waals surface area (Å²) in [7, 11) is 0. The molecule has 2 amide bonds. The van der Waals surface area contributed by atoms with E-state index >= 15 is 0 Å². The first-order chi connectivity index (χ1) is 12.7. The standard InChI is InChI=1S/C18H21N5O3/c1-2-26-16-6-4-3-5-14(16)19-18(25)15-7-8-17(21-20-15)23-11-9-22(13-24)10-12-23/h3-8,13H,2,9-12H2,1H3,(H,19,25). The summed E-state index contributed by atoms with van der Waals surface area (Å²) in [5.41, 5.74) is 0.821. The summed E-state index contributed by atoms with van der Waals surface area (Å²) in [5.74, 6) is 0.963. The molecule has 0 bridgehead atoms. The van der Waals surface area contributed by atoms with E-state index in [2.05, 4.69) is 15.5 Å². The van der Waals surface area contributed by atoms with Crippen LogP contribution in [0, 0.1) is 0 Å². The number of piperazine rings is 1. The molecule has 1 N–H and O–H groups in total. The van der Waals surface area contributed by atoms with Crippen LogP contribution in [0.15, 0.2) is 36.4 Å². The summed E-state index contributed by atoms with van der Waals surface area (Å²) in [4.78, 5) is 26.9. The number of hydrogen-bond acceptors (Lipinski definition) is 6. The molecule has 0 saturated carbocycles. The Morgan fingerprint density at radius 3 is 2.58 bits per heavy atom. The molecular weight excluding hydrogens is 334 g/mol. The number of carbonyl (C=O) groups excluding carboxylic acids is 2. The van der Waals surface area contributed by atoms with Gasteiger partial charge in [0.05, 0.1) is 12.3 Å². The summed E-state index contributed by atoms with van der Waals surface area (Å²) in [5, 5.41) is 11.0. The van der Waals surface area contributed by atoms with E-state index in [0.717, 1.165) is 6.41 Å². The van der Waals surface area contributed by atoms with Gasteiger partial charge in [-0.1, -0.05) is 12.1 Å². The van der Waals surface area contributed by atoms with Gasteiger partial charge in [-0.15, -0.1) is 10.2 Å². The molecule has 136 valence electrons. The molecule has 0 aliphatic carbocycles. The number of amides is 2. The van der Waals surface area contributed by atoms with E-state index in [4.69, 9.17) is 4.74 Å². The van der Waals surface area contributed by atoms with Crippen LogP contribution in [0.1, 0.15) is 17.4 Å². The Bertz CT molecular complexity index is 758. The number of hydrogen-bond donors (Lipinski definition) is 1. The Morgan fingerprint density at radius 1 is 1.15 bits per heavy atom. The first-order valence-corrected chi connectivity index (χ1v) is 8.52. The van der Waals surface area contributed by atoms with E-state index in [1.54, 1.807) is 29.2 Å². The maximum atomic E-state index is 12.4. The summed E-state index contributed by atoms with van der Waals surface area (Å²) < 4.78 is 5.50. The molecule has 1 fully saturated rings. The quantitative estimate of drug-likeness (QED) is 0.788. The Balaban J connectivity index is 1.65. The van der Waals surface area contributed by atoms with Crippen LogP contribution in [0.3, 0.4) is 0 Å². The van der Waals surface area contributed by atoms with Crippen LogP contribution in [0.5, 0.6) is 5.75 Å². The Hall–Kier alpha value is -3.16. The minimum absolute atomic E-state index is 0.228. The topological polar surface area (TPSA) is 87.7 Å². The molecule has 2 heterocycles. The van der Waals surface area contributed by atoms with Gasteiger partial charge in [-0.2, -0.15) is 0 Å². The lowest BCUT2D eigenvalue weighted by molar-refractivity contribution is -0.118. The number of anilines is 2. The zero-order valence-electron chi connectivity index (χ0n) is 14.6. The highest BCUT2D eigenvalue weighted by Gasteiger charge is 2.18. The van der Waals surface area contributed by atoms with Crippen molar-refractivity contribution in [1.82, 2.24) is 15.1 Å². The lowest BCUT2D eigenvalue weighted by Crippen LogP contribution is -2.46. The monoisotopic (exact) mass is 355 g/mol. The van der Waals surface area contributed by atoms with Crippen molar-refractivity contribution in [1.29, 1.82) is 0 Å². The van der Waals surface area contributed by atoms with Crippen molar-refractivity contribution in [2.75, 3.05) is 43.0 Å². The van der Waals surface area contributed by atoms with Crippen molar-refractivity contribution < 1.29 is 14.3 Å². The van der Waals surface area contributed by atoms with Crippen LogP contribution in [-0.4, -0.2) is 60.2 Å². The van der Waals surface area contributed by atoms with Gasteiger partial charge in [0, 0.05) is 26.2 Å². The van der Waals surface area contributed by atoms with E-state index in [0.29, 0.717) is 50.0 Å². The van der Waals surface area contributed by atoms with Crippen molar-refractivity contribution in [3.8, 4) is 5.75 Å². The number of aromatic nitrogens is 2. The third-order valence-corrected chi connectivity index (χ3v) is 4.11. The van der Waals surface area contributed by atoms with E-state index in [-0.39, 0.29) is 11.6 Å². The largest absolute Gasteiger partial charge is 0.492 e. The molecule has 26 heavy (non-hydrogen) atoms. The fourth-order valence-electron chi connectivity index (χ4n) is 2.71. The highest BCUT2D eigenvalue weighted by molar-refractivity contribution is 6.03. The van der Waals surface area contributed by atoms with Gasteiger partial charge in [-0.3, -0.25) is 9.59 Å². The van der Waals surface area contributed by atoms with Crippen molar-refractivity contribution in [2.45, 2.75) is 6.92 Å². The molecule has 8 heteroatoms. The molecule has 3 rings (SSSR count). The van der Waals surface area contributed by atoms with Crippen LogP contribution in [0.4, 0.5) is 11.5 Å². The highest BCUT2D eigenvalue weighted by Crippen LogP contribution is 2.24. The normalized spacial score (nSPS) is 14.0. The minimum Gasteiger partial charge on any atom is -0.492 e. The molecule has 0 radical (unpaired) electrons. The van der Waals surface area contributed by atoms with E-state index < -0.39 is 0 Å². The van der Waals surface area contributed by atoms with Gasteiger partial charge in [0.2, 0.25) is 6.41 Å². The maximum Gasteiger partial charge on any atom is 0.276 e. The minimum atomic E-state index is -0.345. The fourth-order valence-corrected chi connectivity index (χ4v) is 2.71. The van der Waals surface area contributed by atoms with Gasteiger partial charge >= 0.3 is 0 Å². The Kier molecular flexibility index (Phi) is 5.62. The average Bonchev–Trinajstić information content (AvgIpc) is 2.70. The molecule has 1 saturated heterocycles. The number of benzene rings is 1. The lowest BCUT2D eigenvalue weighted by atomic mass is 10.2. The summed E-state index contributed by atoms with van der Waals surface area (Å²) >= 11 is 0. The van der Waals surface area contributed by atoms with Crippen molar-refractivity contribution in [3.05, 3.63) is 42.1 Å². The molecule has 1 aromatic heterocycles. The molecule has 0 spiro atoms. The van der Waals surface area contributed by atoms with E-state index in [9.17, 15) is 9.59 Å². The second kappa shape index (κ2) is 8.28. The third kappa shape index (κ3) is 4.08. The number of carbonyl (C=O) groups is 2. The number of para-hydroxylation sites is 2. The summed E-state index contributed by atoms with van der Waals surface area (Å²) in [6, 6.07) is 10.7. The van der Waals surface area contributed by atoms with E-state index in [1.165, 1.54) is 0 Å². The van der Waals surface area contributed by atoms with Crippen molar-refractivity contribution >= 4 is 23.8 Å². The molecule has 0 atom stereocenters. The highest BCUT2D eigenvalue weighted by atomic mass is 16.5. The second-order valence-electron chi connectivity index (χ2n) is 5.79. The first-order valence-electron chi connectivity index (χ1n) is 8.52. The van der Waals surface area contributed by atoms with Gasteiger partial charge in [0.15, 0.2) is 11.5 Å². The van der Waals surface area contributed by atoms with Gasteiger partial charge in [-0.05, 0) is 31.2 Å². The Labute approximate surface area is 151 Å². The van der Waals surface area contributed by atoms with E-state index in [1.807, 2.05) is 24.0 Å². The molecule has 1 aliphatic rings.